The highest BCUT2D eigenvalue weighted by Gasteiger charge is 2.17. The Labute approximate surface area is 128 Å². The summed E-state index contributed by atoms with van der Waals surface area (Å²) in [6.07, 6.45) is -0.616. The van der Waals surface area contributed by atoms with Crippen molar-refractivity contribution in [1.29, 1.82) is 0 Å². The van der Waals surface area contributed by atoms with E-state index in [2.05, 4.69) is 0 Å². The standard InChI is InChI=1S/C18H16O4/c1-21-18(22-13-8-6-12(19)7-9-13)16-10-11-17(20)15-5-3-2-4-14(15)16/h2-11,18-20H,1H3. The summed E-state index contributed by atoms with van der Waals surface area (Å²) < 4.78 is 11.3. The third-order valence-corrected chi connectivity index (χ3v) is 3.48. The fraction of sp³-hybridized carbons (Fsp3) is 0.111. The quantitative estimate of drug-likeness (QED) is 0.715. The van der Waals surface area contributed by atoms with Gasteiger partial charge < -0.3 is 19.7 Å². The number of ether oxygens (including phenoxy) is 2. The molecule has 0 aliphatic rings. The topological polar surface area (TPSA) is 58.9 Å². The summed E-state index contributed by atoms with van der Waals surface area (Å²) in [5, 5.41) is 20.9. The van der Waals surface area contributed by atoms with E-state index in [1.807, 2.05) is 24.3 Å². The summed E-state index contributed by atoms with van der Waals surface area (Å²) in [6.45, 7) is 0. The second-order valence-corrected chi connectivity index (χ2v) is 4.90. The molecule has 0 spiro atoms. The number of methoxy groups -OCH3 is 1. The molecular weight excluding hydrogens is 280 g/mol. The Kier molecular flexibility index (Phi) is 3.85. The Balaban J connectivity index is 2.00. The minimum Gasteiger partial charge on any atom is -0.508 e. The van der Waals surface area contributed by atoms with Gasteiger partial charge in [0.25, 0.3) is 0 Å². The van der Waals surface area contributed by atoms with Gasteiger partial charge in [0.05, 0.1) is 0 Å². The molecule has 0 aromatic heterocycles. The summed E-state index contributed by atoms with van der Waals surface area (Å²) >= 11 is 0. The maximum atomic E-state index is 9.96. The van der Waals surface area contributed by atoms with Crippen LogP contribution in [0.3, 0.4) is 0 Å². The van der Waals surface area contributed by atoms with Crippen LogP contribution in [0, 0.1) is 0 Å². The number of benzene rings is 3. The van der Waals surface area contributed by atoms with Gasteiger partial charge in [-0.3, -0.25) is 0 Å². The monoisotopic (exact) mass is 296 g/mol. The van der Waals surface area contributed by atoms with E-state index in [1.165, 1.54) is 0 Å². The fourth-order valence-corrected chi connectivity index (χ4v) is 2.40. The van der Waals surface area contributed by atoms with Gasteiger partial charge in [0.15, 0.2) is 0 Å². The van der Waals surface area contributed by atoms with E-state index in [9.17, 15) is 10.2 Å². The molecule has 0 aliphatic carbocycles. The van der Waals surface area contributed by atoms with E-state index in [-0.39, 0.29) is 11.5 Å². The van der Waals surface area contributed by atoms with Gasteiger partial charge in [-0.1, -0.05) is 24.3 Å². The van der Waals surface area contributed by atoms with Gasteiger partial charge in [-0.2, -0.15) is 0 Å². The number of fused-ring (bicyclic) bond motifs is 1. The van der Waals surface area contributed by atoms with E-state index < -0.39 is 6.29 Å². The predicted octanol–water partition coefficient (Wildman–Crippen LogP) is 3.98. The lowest BCUT2D eigenvalue weighted by atomic mass is 10.0. The highest BCUT2D eigenvalue weighted by Crippen LogP contribution is 2.33. The van der Waals surface area contributed by atoms with Crippen LogP contribution in [0.5, 0.6) is 17.2 Å². The molecule has 4 heteroatoms. The third kappa shape index (κ3) is 2.69. The van der Waals surface area contributed by atoms with Gasteiger partial charge in [-0.15, -0.1) is 0 Å². The van der Waals surface area contributed by atoms with Gasteiger partial charge in [0.1, 0.15) is 17.2 Å². The van der Waals surface area contributed by atoms with Crippen molar-refractivity contribution in [2.45, 2.75) is 6.29 Å². The van der Waals surface area contributed by atoms with Gasteiger partial charge >= 0.3 is 0 Å². The maximum absolute atomic E-state index is 9.96. The van der Waals surface area contributed by atoms with Gasteiger partial charge in [-0.25, -0.2) is 0 Å². The Morgan fingerprint density at radius 2 is 1.50 bits per heavy atom. The minimum absolute atomic E-state index is 0.177. The van der Waals surface area contributed by atoms with Crippen molar-refractivity contribution < 1.29 is 19.7 Å². The van der Waals surface area contributed by atoms with Crippen molar-refractivity contribution in [3.63, 3.8) is 0 Å². The van der Waals surface area contributed by atoms with E-state index in [1.54, 1.807) is 43.5 Å². The smallest absolute Gasteiger partial charge is 0.227 e. The van der Waals surface area contributed by atoms with Crippen molar-refractivity contribution in [2.24, 2.45) is 0 Å². The number of aromatic hydroxyl groups is 2. The Morgan fingerprint density at radius 3 is 2.18 bits per heavy atom. The summed E-state index contributed by atoms with van der Waals surface area (Å²) in [7, 11) is 1.56. The van der Waals surface area contributed by atoms with E-state index >= 15 is 0 Å². The molecule has 0 amide bonds. The van der Waals surface area contributed by atoms with Crippen LogP contribution in [0.15, 0.2) is 60.7 Å². The summed E-state index contributed by atoms with van der Waals surface area (Å²) in [5.41, 5.74) is 0.823. The van der Waals surface area contributed by atoms with Crippen LogP contribution in [0.1, 0.15) is 11.9 Å². The highest BCUT2D eigenvalue weighted by molar-refractivity contribution is 5.90. The first-order valence-corrected chi connectivity index (χ1v) is 6.88. The van der Waals surface area contributed by atoms with E-state index in [0.717, 1.165) is 16.3 Å². The molecule has 112 valence electrons. The number of rotatable bonds is 4. The molecule has 0 saturated carbocycles. The number of phenols is 2. The molecule has 0 aliphatic heterocycles. The molecule has 0 fully saturated rings. The summed E-state index contributed by atoms with van der Waals surface area (Å²) in [5.74, 6) is 0.983. The zero-order valence-electron chi connectivity index (χ0n) is 12.1. The largest absolute Gasteiger partial charge is 0.508 e. The molecule has 4 nitrogen and oxygen atoms in total. The van der Waals surface area contributed by atoms with Crippen LogP contribution in [0.2, 0.25) is 0 Å². The molecule has 1 unspecified atom stereocenters. The molecule has 0 radical (unpaired) electrons. The van der Waals surface area contributed by atoms with Crippen molar-refractivity contribution in [3.05, 3.63) is 66.2 Å². The van der Waals surface area contributed by atoms with Crippen molar-refractivity contribution in [1.82, 2.24) is 0 Å². The van der Waals surface area contributed by atoms with Crippen LogP contribution in [0.25, 0.3) is 10.8 Å². The number of hydrogen-bond acceptors (Lipinski definition) is 4. The highest BCUT2D eigenvalue weighted by atomic mass is 16.7. The predicted molar refractivity (Wildman–Crippen MR) is 84.1 cm³/mol. The molecule has 0 heterocycles. The van der Waals surface area contributed by atoms with Crippen LogP contribution < -0.4 is 4.74 Å². The number of hydrogen-bond donors (Lipinski definition) is 2. The molecule has 0 saturated heterocycles. The van der Waals surface area contributed by atoms with Crippen molar-refractivity contribution in [2.75, 3.05) is 7.11 Å². The van der Waals surface area contributed by atoms with Crippen LogP contribution in [-0.2, 0) is 4.74 Å². The molecule has 1 atom stereocenters. The molecule has 0 bridgehead atoms. The average Bonchev–Trinajstić information content (AvgIpc) is 2.55. The van der Waals surface area contributed by atoms with Crippen LogP contribution in [-0.4, -0.2) is 17.3 Å². The molecule has 22 heavy (non-hydrogen) atoms. The third-order valence-electron chi connectivity index (χ3n) is 3.48. The molecule has 3 aromatic carbocycles. The summed E-state index contributed by atoms with van der Waals surface area (Å²) in [4.78, 5) is 0. The van der Waals surface area contributed by atoms with Gasteiger partial charge in [0, 0.05) is 18.1 Å². The van der Waals surface area contributed by atoms with Gasteiger partial charge in [0.2, 0.25) is 6.29 Å². The Morgan fingerprint density at radius 1 is 0.818 bits per heavy atom. The molecular formula is C18H16O4. The molecule has 2 N–H and O–H groups in total. The first kappa shape index (κ1) is 14.2. The second-order valence-electron chi connectivity index (χ2n) is 4.90. The fourth-order valence-electron chi connectivity index (χ4n) is 2.40. The summed E-state index contributed by atoms with van der Waals surface area (Å²) in [6, 6.07) is 17.4. The Bertz CT molecular complexity index is 781. The SMILES string of the molecule is COC(Oc1ccc(O)cc1)c1ccc(O)c2ccccc12. The van der Waals surface area contributed by atoms with E-state index in [0.29, 0.717) is 5.75 Å². The lowest BCUT2D eigenvalue weighted by Crippen LogP contribution is -2.10. The van der Waals surface area contributed by atoms with Gasteiger partial charge in [-0.05, 0) is 41.8 Å². The Hall–Kier alpha value is -2.72. The minimum atomic E-state index is -0.616. The molecule has 3 aromatic rings. The van der Waals surface area contributed by atoms with Crippen molar-refractivity contribution in [3.8, 4) is 17.2 Å². The average molecular weight is 296 g/mol. The van der Waals surface area contributed by atoms with Crippen molar-refractivity contribution >= 4 is 10.8 Å². The lowest BCUT2D eigenvalue weighted by Gasteiger charge is -2.20. The second kappa shape index (κ2) is 5.95. The van der Waals surface area contributed by atoms with Crippen LogP contribution >= 0.6 is 0 Å². The lowest BCUT2D eigenvalue weighted by molar-refractivity contribution is -0.0552. The first-order valence-electron chi connectivity index (χ1n) is 6.88. The zero-order valence-corrected chi connectivity index (χ0v) is 12.1. The van der Waals surface area contributed by atoms with E-state index in [4.69, 9.17) is 9.47 Å². The number of phenolic OH excluding ortho intramolecular Hbond substituents is 2. The first-order chi connectivity index (χ1) is 10.7. The maximum Gasteiger partial charge on any atom is 0.227 e. The normalized spacial score (nSPS) is 12.2. The molecule has 3 rings (SSSR count). The van der Waals surface area contributed by atoms with Crippen LogP contribution in [0.4, 0.5) is 0 Å². The zero-order chi connectivity index (χ0) is 15.5.